The van der Waals surface area contributed by atoms with Crippen LogP contribution in [0.5, 0.6) is 5.75 Å². The summed E-state index contributed by atoms with van der Waals surface area (Å²) in [5, 5.41) is 2.52. The number of hydrogen-bond acceptors (Lipinski definition) is 6. The van der Waals surface area contributed by atoms with Crippen molar-refractivity contribution in [3.8, 4) is 5.75 Å². The summed E-state index contributed by atoms with van der Waals surface area (Å²) in [6, 6.07) is 13.2. The fraction of sp³-hybridized carbons (Fsp3) is 0.318. The van der Waals surface area contributed by atoms with Crippen molar-refractivity contribution in [3.63, 3.8) is 0 Å². The molecular formula is C22H24BrNO6. The molecule has 2 aromatic rings. The Morgan fingerprint density at radius 2 is 1.77 bits per heavy atom. The van der Waals surface area contributed by atoms with Crippen LogP contribution in [0.3, 0.4) is 0 Å². The summed E-state index contributed by atoms with van der Waals surface area (Å²) >= 11 is 3.38. The molecule has 160 valence electrons. The van der Waals surface area contributed by atoms with Gasteiger partial charge in [-0.3, -0.25) is 0 Å². The van der Waals surface area contributed by atoms with Gasteiger partial charge in [0.05, 0.1) is 6.04 Å². The molecule has 0 aromatic heterocycles. The second-order valence-corrected chi connectivity index (χ2v) is 8.32. The van der Waals surface area contributed by atoms with Gasteiger partial charge in [-0.15, -0.1) is 0 Å². The van der Waals surface area contributed by atoms with Gasteiger partial charge in [0.2, 0.25) is 0 Å². The van der Waals surface area contributed by atoms with Gasteiger partial charge < -0.3 is 24.3 Å². The molecule has 0 spiro atoms. The topological polar surface area (TPSA) is 90.9 Å². The van der Waals surface area contributed by atoms with Gasteiger partial charge in [0.15, 0.2) is 0 Å². The van der Waals surface area contributed by atoms with Crippen molar-refractivity contribution in [1.29, 1.82) is 0 Å². The third kappa shape index (κ3) is 8.24. The van der Waals surface area contributed by atoms with Gasteiger partial charge >= 0.3 is 12.2 Å². The molecule has 8 heteroatoms. The average Bonchev–Trinajstić information content (AvgIpc) is 2.67. The molecule has 0 saturated heterocycles. The fourth-order valence-corrected chi connectivity index (χ4v) is 2.82. The summed E-state index contributed by atoms with van der Waals surface area (Å²) in [6.45, 7) is 5.30. The van der Waals surface area contributed by atoms with Crippen LogP contribution in [0.4, 0.5) is 9.59 Å². The highest BCUT2D eigenvalue weighted by Gasteiger charge is 2.19. The van der Waals surface area contributed by atoms with Gasteiger partial charge in [0, 0.05) is 10.0 Å². The predicted octanol–water partition coefficient (Wildman–Crippen LogP) is 4.80. The van der Waals surface area contributed by atoms with Crippen molar-refractivity contribution in [3.05, 3.63) is 64.1 Å². The Hall–Kier alpha value is -2.87. The Balaban J connectivity index is 1.84. The molecule has 30 heavy (non-hydrogen) atoms. The van der Waals surface area contributed by atoms with Crippen LogP contribution in [0, 0.1) is 0 Å². The number of aldehydes is 1. The van der Waals surface area contributed by atoms with Gasteiger partial charge in [-0.25, -0.2) is 9.59 Å². The minimum absolute atomic E-state index is 0.0791. The smallest absolute Gasteiger partial charge is 0.444 e. The van der Waals surface area contributed by atoms with E-state index in [1.165, 1.54) is 0 Å². The summed E-state index contributed by atoms with van der Waals surface area (Å²) in [5.41, 5.74) is 0.945. The number of alkyl carbamates (subject to hydrolysis) is 1. The van der Waals surface area contributed by atoms with E-state index in [-0.39, 0.29) is 13.0 Å². The van der Waals surface area contributed by atoms with E-state index in [2.05, 4.69) is 21.2 Å². The second-order valence-electron chi connectivity index (χ2n) is 7.47. The Labute approximate surface area is 183 Å². The Morgan fingerprint density at radius 3 is 2.37 bits per heavy atom. The largest absolute Gasteiger partial charge is 0.514 e. The van der Waals surface area contributed by atoms with Gasteiger partial charge in [-0.05, 0) is 51.0 Å². The second kappa shape index (κ2) is 10.8. The standard InChI is InChI=1S/C22H24BrNO6/c1-22(2,3)30-20(26)24-17(13-25)12-15-8-10-18(11-9-15)29-21(27)28-14-16-6-4-5-7-19(16)23/h4-11,13,17H,12,14H2,1-3H3,(H,24,26). The normalized spacial score (nSPS) is 11.9. The quantitative estimate of drug-likeness (QED) is 0.349. The summed E-state index contributed by atoms with van der Waals surface area (Å²) in [6.07, 6.45) is -0.564. The number of hydrogen-bond donors (Lipinski definition) is 1. The molecule has 0 bridgehead atoms. The first-order valence-corrected chi connectivity index (χ1v) is 10.1. The van der Waals surface area contributed by atoms with Crippen molar-refractivity contribution in [2.24, 2.45) is 0 Å². The minimum Gasteiger partial charge on any atom is -0.444 e. The van der Waals surface area contributed by atoms with E-state index >= 15 is 0 Å². The first-order valence-electron chi connectivity index (χ1n) is 9.28. The molecule has 0 heterocycles. The molecule has 0 aliphatic carbocycles. The lowest BCUT2D eigenvalue weighted by atomic mass is 10.1. The summed E-state index contributed by atoms with van der Waals surface area (Å²) < 4.78 is 16.2. The number of halogens is 1. The molecule has 7 nitrogen and oxygen atoms in total. The lowest BCUT2D eigenvalue weighted by Crippen LogP contribution is -2.41. The number of carbonyl (C=O) groups is 3. The van der Waals surface area contributed by atoms with Crippen LogP contribution < -0.4 is 10.1 Å². The zero-order valence-electron chi connectivity index (χ0n) is 17.0. The van der Waals surface area contributed by atoms with Crippen LogP contribution in [0.1, 0.15) is 31.9 Å². The number of ether oxygens (including phenoxy) is 3. The number of benzene rings is 2. The van der Waals surface area contributed by atoms with Crippen molar-refractivity contribution in [2.75, 3.05) is 0 Å². The molecule has 2 aromatic carbocycles. The monoisotopic (exact) mass is 477 g/mol. The third-order valence-electron chi connectivity index (χ3n) is 3.75. The zero-order valence-corrected chi connectivity index (χ0v) is 18.6. The molecule has 1 unspecified atom stereocenters. The molecule has 1 atom stereocenters. The summed E-state index contributed by atoms with van der Waals surface area (Å²) in [4.78, 5) is 35.0. The molecular weight excluding hydrogens is 454 g/mol. The van der Waals surface area contributed by atoms with Gasteiger partial charge in [-0.2, -0.15) is 0 Å². The van der Waals surface area contributed by atoms with Gasteiger partial charge in [-0.1, -0.05) is 46.3 Å². The van der Waals surface area contributed by atoms with Crippen molar-refractivity contribution >= 4 is 34.5 Å². The third-order valence-corrected chi connectivity index (χ3v) is 4.52. The van der Waals surface area contributed by atoms with E-state index in [1.54, 1.807) is 45.0 Å². The lowest BCUT2D eigenvalue weighted by Gasteiger charge is -2.21. The van der Waals surface area contributed by atoms with Gasteiger partial charge in [0.1, 0.15) is 24.2 Å². The summed E-state index contributed by atoms with van der Waals surface area (Å²) in [7, 11) is 0. The number of rotatable bonds is 7. The van der Waals surface area contributed by atoms with Crippen LogP contribution in [-0.4, -0.2) is 30.2 Å². The molecule has 0 saturated carbocycles. The highest BCUT2D eigenvalue weighted by atomic mass is 79.9. The fourth-order valence-electron chi connectivity index (χ4n) is 2.42. The Kier molecular flexibility index (Phi) is 8.41. The number of amides is 1. The van der Waals surface area contributed by atoms with E-state index in [0.29, 0.717) is 12.0 Å². The maximum atomic E-state index is 11.9. The van der Waals surface area contributed by atoms with Crippen molar-refractivity contribution < 1.29 is 28.6 Å². The molecule has 0 radical (unpaired) electrons. The first-order chi connectivity index (χ1) is 14.2. The van der Waals surface area contributed by atoms with Crippen LogP contribution in [0.15, 0.2) is 53.0 Å². The highest BCUT2D eigenvalue weighted by Crippen LogP contribution is 2.18. The van der Waals surface area contributed by atoms with E-state index in [9.17, 15) is 14.4 Å². The molecule has 1 N–H and O–H groups in total. The Morgan fingerprint density at radius 1 is 1.10 bits per heavy atom. The maximum Gasteiger partial charge on any atom is 0.514 e. The molecule has 0 aliphatic heterocycles. The van der Waals surface area contributed by atoms with Crippen LogP contribution in [0.2, 0.25) is 0 Å². The van der Waals surface area contributed by atoms with E-state index < -0.39 is 23.9 Å². The maximum absolute atomic E-state index is 11.9. The SMILES string of the molecule is CC(C)(C)OC(=O)NC(C=O)Cc1ccc(OC(=O)OCc2ccccc2Br)cc1. The lowest BCUT2D eigenvalue weighted by molar-refractivity contribution is -0.109. The molecule has 2 rings (SSSR count). The summed E-state index contributed by atoms with van der Waals surface area (Å²) in [5.74, 6) is 0.304. The zero-order chi connectivity index (χ0) is 22.1. The van der Waals surface area contributed by atoms with Crippen molar-refractivity contribution in [2.45, 2.75) is 45.4 Å². The minimum atomic E-state index is -0.823. The van der Waals surface area contributed by atoms with E-state index in [1.807, 2.05) is 24.3 Å². The molecule has 1 amide bonds. The van der Waals surface area contributed by atoms with Crippen LogP contribution >= 0.6 is 15.9 Å². The van der Waals surface area contributed by atoms with E-state index in [4.69, 9.17) is 14.2 Å². The highest BCUT2D eigenvalue weighted by molar-refractivity contribution is 9.10. The number of nitrogens with one attached hydrogen (secondary N) is 1. The van der Waals surface area contributed by atoms with Crippen molar-refractivity contribution in [1.82, 2.24) is 5.32 Å². The van der Waals surface area contributed by atoms with Crippen LogP contribution in [-0.2, 0) is 27.3 Å². The first kappa shape index (κ1) is 23.4. The molecule has 0 aliphatic rings. The molecule has 0 fully saturated rings. The number of carbonyl (C=O) groups excluding carboxylic acids is 3. The van der Waals surface area contributed by atoms with Crippen LogP contribution in [0.25, 0.3) is 0 Å². The van der Waals surface area contributed by atoms with Gasteiger partial charge in [0.25, 0.3) is 0 Å². The van der Waals surface area contributed by atoms with E-state index in [0.717, 1.165) is 15.6 Å². The Bertz CT molecular complexity index is 876. The predicted molar refractivity (Wildman–Crippen MR) is 114 cm³/mol. The average molecular weight is 478 g/mol.